The summed E-state index contributed by atoms with van der Waals surface area (Å²) >= 11 is 1.68. The minimum Gasteiger partial charge on any atom is -0.312 e. The quantitative estimate of drug-likeness (QED) is 0.757. The van der Waals surface area contributed by atoms with E-state index < -0.39 is 12.6 Å². The average Bonchev–Trinajstić information content (AvgIpc) is 2.56. The molecule has 1 nitrogen and oxygen atoms in total. The van der Waals surface area contributed by atoms with Crippen molar-refractivity contribution in [1.29, 1.82) is 0 Å². The van der Waals surface area contributed by atoms with E-state index in [-0.39, 0.29) is 6.42 Å². The molecule has 0 atom stereocenters. The number of nitrogens with one attached hydrogen (secondary N) is 1. The number of aryl methyl sites for hydroxylation is 1. The van der Waals surface area contributed by atoms with Crippen LogP contribution in [0.3, 0.4) is 0 Å². The maximum absolute atomic E-state index is 11.8. The van der Waals surface area contributed by atoms with Crippen LogP contribution in [0.25, 0.3) is 0 Å². The van der Waals surface area contributed by atoms with E-state index in [0.717, 1.165) is 6.54 Å². The third kappa shape index (κ3) is 5.51. The molecule has 16 heavy (non-hydrogen) atoms. The zero-order valence-electron chi connectivity index (χ0n) is 9.23. The summed E-state index contributed by atoms with van der Waals surface area (Å²) in [6.07, 6.45) is -3.90. The first-order chi connectivity index (χ1) is 7.49. The highest BCUT2D eigenvalue weighted by molar-refractivity contribution is 7.10. The number of hydrogen-bond donors (Lipinski definition) is 1. The van der Waals surface area contributed by atoms with Gasteiger partial charge in [0.2, 0.25) is 0 Å². The van der Waals surface area contributed by atoms with Gasteiger partial charge in [0.15, 0.2) is 0 Å². The van der Waals surface area contributed by atoms with Crippen LogP contribution < -0.4 is 5.32 Å². The highest BCUT2D eigenvalue weighted by Crippen LogP contribution is 2.22. The van der Waals surface area contributed by atoms with Gasteiger partial charge in [-0.2, -0.15) is 13.2 Å². The minimum absolute atomic E-state index is 0.208. The van der Waals surface area contributed by atoms with Crippen LogP contribution in [0.4, 0.5) is 13.2 Å². The van der Waals surface area contributed by atoms with Crippen LogP contribution in [-0.2, 0) is 6.54 Å². The SMILES string of the molecule is Cc1ccsc1CNCCCCC(F)(F)F. The van der Waals surface area contributed by atoms with Crippen molar-refractivity contribution in [1.82, 2.24) is 5.32 Å². The predicted octanol–water partition coefficient (Wildman–Crippen LogP) is 3.88. The van der Waals surface area contributed by atoms with Gasteiger partial charge < -0.3 is 5.32 Å². The summed E-state index contributed by atoms with van der Waals surface area (Å²) in [6.45, 7) is 3.44. The summed E-state index contributed by atoms with van der Waals surface area (Å²) < 4.78 is 35.5. The standard InChI is InChI=1S/C11H16F3NS/c1-9-4-7-16-10(9)8-15-6-3-2-5-11(12,13)14/h4,7,15H,2-3,5-6,8H2,1H3. The zero-order chi connectivity index (χ0) is 12.0. The molecular weight excluding hydrogens is 235 g/mol. The Morgan fingerprint density at radius 3 is 2.62 bits per heavy atom. The van der Waals surface area contributed by atoms with Gasteiger partial charge in [-0.3, -0.25) is 0 Å². The van der Waals surface area contributed by atoms with Crippen molar-refractivity contribution in [2.24, 2.45) is 0 Å². The second kappa shape index (κ2) is 6.25. The summed E-state index contributed by atoms with van der Waals surface area (Å²) in [7, 11) is 0. The van der Waals surface area contributed by atoms with Gasteiger partial charge in [-0.1, -0.05) is 0 Å². The lowest BCUT2D eigenvalue weighted by molar-refractivity contribution is -0.135. The molecule has 1 heterocycles. The Kier molecular flexibility index (Phi) is 5.28. The first kappa shape index (κ1) is 13.5. The van der Waals surface area contributed by atoms with E-state index in [1.165, 1.54) is 10.4 Å². The summed E-state index contributed by atoms with van der Waals surface area (Å²) in [5.74, 6) is 0. The lowest BCUT2D eigenvalue weighted by Crippen LogP contribution is -2.15. The molecular formula is C11H16F3NS. The Morgan fingerprint density at radius 2 is 2.06 bits per heavy atom. The van der Waals surface area contributed by atoms with Crippen LogP contribution >= 0.6 is 11.3 Å². The van der Waals surface area contributed by atoms with Gasteiger partial charge >= 0.3 is 6.18 Å². The van der Waals surface area contributed by atoms with Crippen molar-refractivity contribution in [3.8, 4) is 0 Å². The van der Waals surface area contributed by atoms with E-state index in [2.05, 4.69) is 5.32 Å². The lowest BCUT2D eigenvalue weighted by atomic mass is 10.2. The molecule has 0 saturated carbocycles. The van der Waals surface area contributed by atoms with Crippen molar-refractivity contribution in [2.75, 3.05) is 6.54 Å². The fourth-order valence-electron chi connectivity index (χ4n) is 1.36. The smallest absolute Gasteiger partial charge is 0.312 e. The molecule has 1 N–H and O–H groups in total. The molecule has 92 valence electrons. The number of halogens is 3. The second-order valence-corrected chi connectivity index (χ2v) is 4.78. The summed E-state index contributed by atoms with van der Waals surface area (Å²) in [4.78, 5) is 1.26. The molecule has 0 aliphatic carbocycles. The third-order valence-corrected chi connectivity index (χ3v) is 3.34. The number of unbranched alkanes of at least 4 members (excludes halogenated alkanes) is 1. The molecule has 0 aromatic carbocycles. The van der Waals surface area contributed by atoms with E-state index in [1.54, 1.807) is 11.3 Å². The lowest BCUT2D eigenvalue weighted by Gasteiger charge is -2.06. The molecule has 0 aliphatic heterocycles. The molecule has 0 radical (unpaired) electrons. The van der Waals surface area contributed by atoms with Gasteiger partial charge in [0.25, 0.3) is 0 Å². The Bertz CT molecular complexity index is 306. The largest absolute Gasteiger partial charge is 0.389 e. The normalized spacial score (nSPS) is 12.0. The van der Waals surface area contributed by atoms with Gasteiger partial charge in [0.1, 0.15) is 0 Å². The predicted molar refractivity (Wildman–Crippen MR) is 60.7 cm³/mol. The van der Waals surface area contributed by atoms with Crippen molar-refractivity contribution in [2.45, 2.75) is 38.9 Å². The van der Waals surface area contributed by atoms with Crippen molar-refractivity contribution in [3.05, 3.63) is 21.9 Å². The van der Waals surface area contributed by atoms with Gasteiger partial charge in [0.05, 0.1) is 0 Å². The van der Waals surface area contributed by atoms with Gasteiger partial charge in [-0.25, -0.2) is 0 Å². The van der Waals surface area contributed by atoms with Crippen LogP contribution in [-0.4, -0.2) is 12.7 Å². The van der Waals surface area contributed by atoms with E-state index >= 15 is 0 Å². The Morgan fingerprint density at radius 1 is 1.31 bits per heavy atom. The number of rotatable bonds is 6. The van der Waals surface area contributed by atoms with Crippen LogP contribution in [0.15, 0.2) is 11.4 Å². The first-order valence-electron chi connectivity index (χ1n) is 5.29. The molecule has 0 spiro atoms. The highest BCUT2D eigenvalue weighted by atomic mass is 32.1. The van der Waals surface area contributed by atoms with E-state index in [9.17, 15) is 13.2 Å². The Balaban J connectivity index is 2.03. The third-order valence-electron chi connectivity index (χ3n) is 2.32. The zero-order valence-corrected chi connectivity index (χ0v) is 10.0. The Labute approximate surface area is 97.7 Å². The maximum Gasteiger partial charge on any atom is 0.389 e. The van der Waals surface area contributed by atoms with Crippen LogP contribution in [0.1, 0.15) is 29.7 Å². The molecule has 1 rings (SSSR count). The molecule has 1 aromatic heterocycles. The molecule has 0 bridgehead atoms. The van der Waals surface area contributed by atoms with Crippen molar-refractivity contribution >= 4 is 11.3 Å². The molecule has 0 aliphatic rings. The van der Waals surface area contributed by atoms with E-state index in [4.69, 9.17) is 0 Å². The molecule has 0 amide bonds. The van der Waals surface area contributed by atoms with Crippen LogP contribution in [0.5, 0.6) is 0 Å². The molecule has 0 saturated heterocycles. The van der Waals surface area contributed by atoms with Crippen molar-refractivity contribution < 1.29 is 13.2 Å². The average molecular weight is 251 g/mol. The number of alkyl halides is 3. The number of hydrogen-bond acceptors (Lipinski definition) is 2. The maximum atomic E-state index is 11.8. The summed E-state index contributed by atoms with van der Waals surface area (Å²) in [5, 5.41) is 5.18. The van der Waals surface area contributed by atoms with Gasteiger partial charge in [-0.05, 0) is 43.3 Å². The summed E-state index contributed by atoms with van der Waals surface area (Å²) in [6, 6.07) is 2.05. The summed E-state index contributed by atoms with van der Waals surface area (Å²) in [5.41, 5.74) is 1.24. The van der Waals surface area contributed by atoms with Crippen LogP contribution in [0.2, 0.25) is 0 Å². The van der Waals surface area contributed by atoms with E-state index in [1.807, 2.05) is 18.4 Å². The fourth-order valence-corrected chi connectivity index (χ4v) is 2.24. The van der Waals surface area contributed by atoms with E-state index in [0.29, 0.717) is 13.0 Å². The molecule has 0 fully saturated rings. The molecule has 0 unspecified atom stereocenters. The van der Waals surface area contributed by atoms with Gasteiger partial charge in [-0.15, -0.1) is 11.3 Å². The Hall–Kier alpha value is -0.550. The fraction of sp³-hybridized carbons (Fsp3) is 0.636. The molecule has 5 heteroatoms. The van der Waals surface area contributed by atoms with Crippen molar-refractivity contribution in [3.63, 3.8) is 0 Å². The number of thiophene rings is 1. The monoisotopic (exact) mass is 251 g/mol. The minimum atomic E-state index is -4.01. The van der Waals surface area contributed by atoms with Crippen LogP contribution in [0, 0.1) is 6.92 Å². The highest BCUT2D eigenvalue weighted by Gasteiger charge is 2.25. The first-order valence-corrected chi connectivity index (χ1v) is 6.17. The molecule has 1 aromatic rings. The topological polar surface area (TPSA) is 12.0 Å². The second-order valence-electron chi connectivity index (χ2n) is 3.78. The van der Waals surface area contributed by atoms with Gasteiger partial charge in [0, 0.05) is 17.8 Å².